The summed E-state index contributed by atoms with van der Waals surface area (Å²) in [5.41, 5.74) is 7.32. The Morgan fingerprint density at radius 2 is 1.96 bits per heavy atom. The zero-order valence-electron chi connectivity index (χ0n) is 14.5. The van der Waals surface area contributed by atoms with Crippen molar-refractivity contribution in [3.8, 4) is 5.75 Å². The number of alkyl halides is 3. The van der Waals surface area contributed by atoms with Crippen LogP contribution in [0.25, 0.3) is 0 Å². The lowest BCUT2D eigenvalue weighted by Gasteiger charge is -2.12. The van der Waals surface area contributed by atoms with Gasteiger partial charge in [-0.3, -0.25) is 4.99 Å². The van der Waals surface area contributed by atoms with Crippen molar-refractivity contribution in [3.05, 3.63) is 35.3 Å². The Hall–Kier alpha value is -2.49. The van der Waals surface area contributed by atoms with Crippen molar-refractivity contribution in [3.63, 3.8) is 0 Å². The van der Waals surface area contributed by atoms with Gasteiger partial charge in [-0.15, -0.1) is 24.5 Å². The lowest BCUT2D eigenvalue weighted by Crippen LogP contribution is -2.23. The predicted octanol–water partition coefficient (Wildman–Crippen LogP) is 3.61. The van der Waals surface area contributed by atoms with Crippen LogP contribution in [0, 0.1) is 0 Å². The molecule has 0 atom stereocenters. The van der Waals surface area contributed by atoms with Gasteiger partial charge in [-0.1, -0.05) is 0 Å². The van der Waals surface area contributed by atoms with E-state index in [-0.39, 0.29) is 11.7 Å². The Morgan fingerprint density at radius 1 is 1.26 bits per heavy atom. The van der Waals surface area contributed by atoms with Crippen molar-refractivity contribution >= 4 is 28.1 Å². The number of nitrogens with two attached hydrogens (primary N) is 1. The summed E-state index contributed by atoms with van der Waals surface area (Å²) < 4.78 is 40.2. The Kier molecular flexibility index (Phi) is 6.04. The summed E-state index contributed by atoms with van der Waals surface area (Å²) >= 11 is 1.64. The van der Waals surface area contributed by atoms with E-state index in [2.05, 4.69) is 24.9 Å². The second-order valence-corrected chi connectivity index (χ2v) is 6.87. The fourth-order valence-electron chi connectivity index (χ4n) is 2.68. The van der Waals surface area contributed by atoms with E-state index in [0.717, 1.165) is 23.9 Å². The number of rotatable bonds is 6. The number of halogens is 3. The van der Waals surface area contributed by atoms with E-state index in [9.17, 15) is 13.2 Å². The number of anilines is 2. The van der Waals surface area contributed by atoms with E-state index in [0.29, 0.717) is 18.7 Å². The van der Waals surface area contributed by atoms with Crippen LogP contribution in [-0.2, 0) is 6.42 Å². The fraction of sp³-hybridized carbons (Fsp3) is 0.412. The van der Waals surface area contributed by atoms with Crippen LogP contribution in [-0.4, -0.2) is 36.9 Å². The number of guanidine groups is 1. The van der Waals surface area contributed by atoms with E-state index in [1.807, 2.05) is 5.38 Å². The number of ether oxygens (including phenoxy) is 1. The lowest BCUT2D eigenvalue weighted by atomic mass is 10.3. The molecular formula is C17H20F3N5OS. The third kappa shape index (κ3) is 6.02. The number of hydrogen-bond acceptors (Lipinski definition) is 5. The average molecular weight is 399 g/mol. The molecule has 0 saturated carbocycles. The minimum Gasteiger partial charge on any atom is -0.406 e. The van der Waals surface area contributed by atoms with Crippen LogP contribution in [0.2, 0.25) is 0 Å². The number of aliphatic imine (C=N–C) groups is 1. The number of nitrogens with one attached hydrogen (secondary N) is 1. The Labute approximate surface area is 158 Å². The number of nitrogens with zero attached hydrogens (tertiary/aromatic N) is 3. The highest BCUT2D eigenvalue weighted by Gasteiger charge is 2.30. The molecule has 0 amide bonds. The van der Waals surface area contributed by atoms with E-state index in [1.165, 1.54) is 37.1 Å². The maximum absolute atomic E-state index is 12.1. The Balaban J connectivity index is 1.46. The van der Waals surface area contributed by atoms with Gasteiger partial charge in [0.2, 0.25) is 0 Å². The SMILES string of the molecule is NC(=NCCc1csc(N2CCCC2)n1)Nc1ccc(OC(F)(F)F)cc1. The second-order valence-electron chi connectivity index (χ2n) is 6.03. The van der Waals surface area contributed by atoms with Gasteiger partial charge in [0, 0.05) is 37.1 Å². The van der Waals surface area contributed by atoms with Crippen molar-refractivity contribution in [2.75, 3.05) is 29.9 Å². The zero-order valence-corrected chi connectivity index (χ0v) is 15.3. The van der Waals surface area contributed by atoms with Crippen LogP contribution in [0.3, 0.4) is 0 Å². The van der Waals surface area contributed by atoms with Gasteiger partial charge < -0.3 is 20.7 Å². The Morgan fingerprint density at radius 3 is 2.63 bits per heavy atom. The van der Waals surface area contributed by atoms with Crippen LogP contribution >= 0.6 is 11.3 Å². The smallest absolute Gasteiger partial charge is 0.406 e. The first-order valence-electron chi connectivity index (χ1n) is 8.51. The van der Waals surface area contributed by atoms with Crippen LogP contribution in [0.1, 0.15) is 18.5 Å². The van der Waals surface area contributed by atoms with Crippen molar-refractivity contribution in [2.24, 2.45) is 10.7 Å². The highest BCUT2D eigenvalue weighted by atomic mass is 32.1. The third-order valence-corrected chi connectivity index (χ3v) is 4.88. The summed E-state index contributed by atoms with van der Waals surface area (Å²) in [6.07, 6.45) is -1.61. The van der Waals surface area contributed by atoms with E-state index >= 15 is 0 Å². The predicted molar refractivity (Wildman–Crippen MR) is 101 cm³/mol. The normalized spacial score (nSPS) is 15.2. The van der Waals surface area contributed by atoms with Crippen molar-refractivity contribution < 1.29 is 17.9 Å². The first kappa shape index (κ1) is 19.3. The van der Waals surface area contributed by atoms with Gasteiger partial charge in [0.05, 0.1) is 5.69 Å². The summed E-state index contributed by atoms with van der Waals surface area (Å²) in [5, 5.41) is 5.92. The molecule has 1 saturated heterocycles. The number of thiazole rings is 1. The molecule has 0 radical (unpaired) electrons. The van der Waals surface area contributed by atoms with E-state index in [1.54, 1.807) is 11.3 Å². The number of benzene rings is 1. The van der Waals surface area contributed by atoms with Crippen LogP contribution in [0.15, 0.2) is 34.6 Å². The summed E-state index contributed by atoms with van der Waals surface area (Å²) in [4.78, 5) is 11.1. The van der Waals surface area contributed by atoms with Gasteiger partial charge in [-0.05, 0) is 37.1 Å². The van der Waals surface area contributed by atoms with E-state index in [4.69, 9.17) is 5.73 Å². The van der Waals surface area contributed by atoms with Crippen molar-refractivity contribution in [2.45, 2.75) is 25.6 Å². The molecule has 0 unspecified atom stereocenters. The molecule has 3 N–H and O–H groups in total. The summed E-state index contributed by atoms with van der Waals surface area (Å²) in [6.45, 7) is 2.60. The van der Waals surface area contributed by atoms with Gasteiger partial charge in [-0.2, -0.15) is 0 Å². The molecule has 10 heteroatoms. The molecule has 27 heavy (non-hydrogen) atoms. The highest BCUT2D eigenvalue weighted by Crippen LogP contribution is 2.25. The summed E-state index contributed by atoms with van der Waals surface area (Å²) in [5.74, 6) is -0.101. The zero-order chi connectivity index (χ0) is 19.3. The fourth-order valence-corrected chi connectivity index (χ4v) is 3.60. The molecule has 0 bridgehead atoms. The molecule has 0 aliphatic carbocycles. The van der Waals surface area contributed by atoms with Gasteiger partial charge >= 0.3 is 6.36 Å². The monoisotopic (exact) mass is 399 g/mol. The summed E-state index contributed by atoms with van der Waals surface area (Å²) in [6, 6.07) is 5.29. The van der Waals surface area contributed by atoms with Crippen LogP contribution in [0.4, 0.5) is 24.0 Å². The molecule has 6 nitrogen and oxygen atoms in total. The van der Waals surface area contributed by atoms with Gasteiger partial charge in [-0.25, -0.2) is 4.98 Å². The quantitative estimate of drug-likeness (QED) is 0.573. The molecule has 0 spiro atoms. The molecule has 1 aromatic carbocycles. The molecule has 2 heterocycles. The average Bonchev–Trinajstić information content (AvgIpc) is 3.26. The van der Waals surface area contributed by atoms with Gasteiger partial charge in [0.1, 0.15) is 5.75 Å². The first-order valence-corrected chi connectivity index (χ1v) is 9.39. The van der Waals surface area contributed by atoms with Gasteiger partial charge in [0.25, 0.3) is 0 Å². The maximum atomic E-state index is 12.1. The minimum atomic E-state index is -4.71. The third-order valence-electron chi connectivity index (χ3n) is 3.93. The number of hydrogen-bond donors (Lipinski definition) is 2. The van der Waals surface area contributed by atoms with Crippen LogP contribution in [0.5, 0.6) is 5.75 Å². The molecule has 1 aromatic heterocycles. The standard InChI is InChI=1S/C17H20F3N5OS/c18-17(19,20)26-14-5-3-12(4-6-14)23-15(21)22-8-7-13-11-27-16(24-13)25-9-1-2-10-25/h3-6,11H,1-2,7-10H2,(H3,21,22,23). The molecular weight excluding hydrogens is 379 g/mol. The van der Waals surface area contributed by atoms with Crippen molar-refractivity contribution in [1.82, 2.24) is 4.98 Å². The molecule has 3 rings (SSSR count). The second kappa shape index (κ2) is 8.47. The highest BCUT2D eigenvalue weighted by molar-refractivity contribution is 7.13. The molecule has 1 aliphatic rings. The molecule has 146 valence electrons. The van der Waals surface area contributed by atoms with Crippen LogP contribution < -0.4 is 20.7 Å². The maximum Gasteiger partial charge on any atom is 0.573 e. The first-order chi connectivity index (χ1) is 12.9. The topological polar surface area (TPSA) is 75.8 Å². The Bertz CT molecular complexity index is 770. The summed E-state index contributed by atoms with van der Waals surface area (Å²) in [7, 11) is 0. The van der Waals surface area contributed by atoms with Gasteiger partial charge in [0.15, 0.2) is 11.1 Å². The van der Waals surface area contributed by atoms with Crippen molar-refractivity contribution in [1.29, 1.82) is 0 Å². The molecule has 1 aliphatic heterocycles. The lowest BCUT2D eigenvalue weighted by molar-refractivity contribution is -0.274. The van der Waals surface area contributed by atoms with E-state index < -0.39 is 6.36 Å². The molecule has 2 aromatic rings. The number of aromatic nitrogens is 1. The minimum absolute atomic E-state index is 0.189. The largest absolute Gasteiger partial charge is 0.573 e. The molecule has 1 fully saturated rings.